The molecule has 0 aliphatic carbocycles. The fraction of sp³-hybridized carbons (Fsp3) is 0.267. The Kier molecular flexibility index (Phi) is 7.99. The van der Waals surface area contributed by atoms with E-state index in [0.717, 1.165) is 28.4 Å². The van der Waals surface area contributed by atoms with Crippen molar-refractivity contribution in [1.29, 1.82) is 0 Å². The zero-order valence-electron chi connectivity index (χ0n) is 22.2. The maximum absolute atomic E-state index is 13.7. The zero-order valence-corrected chi connectivity index (χ0v) is 22.2. The van der Waals surface area contributed by atoms with Crippen molar-refractivity contribution in [1.82, 2.24) is 9.78 Å². The highest BCUT2D eigenvalue weighted by atomic mass is 19.4. The average Bonchev–Trinajstić information content (AvgIpc) is 3.31. The second kappa shape index (κ2) is 11.2. The lowest BCUT2D eigenvalue weighted by atomic mass is 10.0. The molecule has 1 heterocycles. The van der Waals surface area contributed by atoms with Crippen LogP contribution < -0.4 is 9.64 Å². The summed E-state index contributed by atoms with van der Waals surface area (Å²) in [7, 11) is 1.94. The van der Waals surface area contributed by atoms with Gasteiger partial charge in [0.05, 0.1) is 28.7 Å². The summed E-state index contributed by atoms with van der Waals surface area (Å²) in [6.07, 6.45) is -2.92. The van der Waals surface area contributed by atoms with Crippen LogP contribution in [0.15, 0.2) is 72.9 Å². The molecule has 0 aliphatic rings. The number of rotatable bonds is 9. The van der Waals surface area contributed by atoms with Gasteiger partial charge in [-0.1, -0.05) is 38.1 Å². The van der Waals surface area contributed by atoms with Gasteiger partial charge in [0.1, 0.15) is 12.4 Å². The molecule has 0 bridgehead atoms. The summed E-state index contributed by atoms with van der Waals surface area (Å²) >= 11 is 0. The van der Waals surface area contributed by atoms with Crippen molar-refractivity contribution < 1.29 is 27.8 Å². The van der Waals surface area contributed by atoms with Gasteiger partial charge in [-0.25, -0.2) is 9.48 Å². The summed E-state index contributed by atoms with van der Waals surface area (Å²) in [5.41, 5.74) is 3.71. The van der Waals surface area contributed by atoms with Gasteiger partial charge >= 0.3 is 12.1 Å². The van der Waals surface area contributed by atoms with Gasteiger partial charge in [0.2, 0.25) is 0 Å². The number of halogens is 3. The maximum atomic E-state index is 13.7. The van der Waals surface area contributed by atoms with E-state index in [-0.39, 0.29) is 23.8 Å². The lowest BCUT2D eigenvalue weighted by Crippen LogP contribution is -2.17. The molecule has 4 aromatic rings. The van der Waals surface area contributed by atoms with Crippen molar-refractivity contribution in [2.75, 3.05) is 11.9 Å². The smallest absolute Gasteiger partial charge is 0.418 e. The first-order chi connectivity index (χ1) is 18.5. The first kappa shape index (κ1) is 27.8. The summed E-state index contributed by atoms with van der Waals surface area (Å²) in [5.74, 6) is -0.339. The number of alkyl halides is 3. The van der Waals surface area contributed by atoms with Gasteiger partial charge in [-0.3, -0.25) is 0 Å². The fourth-order valence-corrected chi connectivity index (χ4v) is 4.53. The topological polar surface area (TPSA) is 67.6 Å². The quantitative estimate of drug-likeness (QED) is 0.244. The molecule has 0 radical (unpaired) electrons. The summed E-state index contributed by atoms with van der Waals surface area (Å²) in [5, 5.41) is 13.4. The van der Waals surface area contributed by atoms with Crippen LogP contribution in [0, 0.1) is 6.92 Å². The third kappa shape index (κ3) is 6.25. The van der Waals surface area contributed by atoms with Gasteiger partial charge in [0.15, 0.2) is 0 Å². The van der Waals surface area contributed by atoms with Crippen molar-refractivity contribution in [2.24, 2.45) is 0 Å². The molecule has 0 saturated carbocycles. The fourth-order valence-electron chi connectivity index (χ4n) is 4.53. The van der Waals surface area contributed by atoms with E-state index in [1.807, 2.05) is 46.0 Å². The number of carbonyl (C=O) groups is 1. The van der Waals surface area contributed by atoms with Crippen molar-refractivity contribution in [2.45, 2.75) is 46.0 Å². The minimum Gasteiger partial charge on any atom is -0.487 e. The molecule has 0 spiro atoms. The molecule has 0 amide bonds. The number of nitrogens with zero attached hydrogens (tertiary/aromatic N) is 3. The molecular weight excluding hydrogens is 507 g/mol. The standard InChI is InChI=1S/C30H30F3N3O3/c1-19(2)24-16-34-36(27-8-6-5-7-25(27)30(31,32)33)28(24)18-39-23-13-14-26(20(3)15-23)35(4)17-21-9-11-22(12-10-21)29(37)38/h5-16,19H,17-18H2,1-4H3,(H,37,38). The molecule has 39 heavy (non-hydrogen) atoms. The number of aromatic nitrogens is 2. The Morgan fingerprint density at radius 1 is 1.08 bits per heavy atom. The molecule has 0 saturated heterocycles. The first-order valence-corrected chi connectivity index (χ1v) is 12.5. The molecule has 0 aliphatic heterocycles. The van der Waals surface area contributed by atoms with Crippen molar-refractivity contribution in [3.63, 3.8) is 0 Å². The van der Waals surface area contributed by atoms with Gasteiger partial charge in [-0.2, -0.15) is 18.3 Å². The van der Waals surface area contributed by atoms with Crippen LogP contribution in [0.1, 0.15) is 58.1 Å². The number of aromatic carboxylic acids is 1. The van der Waals surface area contributed by atoms with E-state index < -0.39 is 17.7 Å². The van der Waals surface area contributed by atoms with E-state index in [2.05, 4.69) is 10.00 Å². The summed E-state index contributed by atoms with van der Waals surface area (Å²) in [6, 6.07) is 17.8. The van der Waals surface area contributed by atoms with E-state index in [1.165, 1.54) is 16.8 Å². The van der Waals surface area contributed by atoms with E-state index in [9.17, 15) is 18.0 Å². The molecule has 1 aromatic heterocycles. The number of ether oxygens (including phenoxy) is 1. The highest BCUT2D eigenvalue weighted by Crippen LogP contribution is 2.35. The molecule has 4 rings (SSSR count). The van der Waals surface area contributed by atoms with Crippen LogP contribution in [0.5, 0.6) is 5.75 Å². The van der Waals surface area contributed by atoms with Crippen molar-refractivity contribution in [3.05, 3.63) is 106 Å². The van der Waals surface area contributed by atoms with E-state index in [1.54, 1.807) is 36.5 Å². The van der Waals surface area contributed by atoms with E-state index in [4.69, 9.17) is 9.84 Å². The predicted octanol–water partition coefficient (Wildman–Crippen LogP) is 7.24. The van der Waals surface area contributed by atoms with Crippen LogP contribution >= 0.6 is 0 Å². The number of carboxylic acid groups (broad SMARTS) is 1. The van der Waals surface area contributed by atoms with Crippen molar-refractivity contribution in [3.8, 4) is 11.4 Å². The number of para-hydroxylation sites is 1. The van der Waals surface area contributed by atoms with E-state index in [0.29, 0.717) is 18.0 Å². The van der Waals surface area contributed by atoms with Gasteiger partial charge < -0.3 is 14.7 Å². The number of carboxylic acids is 1. The van der Waals surface area contributed by atoms with Crippen LogP contribution in [0.4, 0.5) is 18.9 Å². The average molecular weight is 538 g/mol. The maximum Gasteiger partial charge on any atom is 0.418 e. The van der Waals surface area contributed by atoms with Crippen LogP contribution in [0.2, 0.25) is 0 Å². The Bertz CT molecular complexity index is 1460. The minimum absolute atomic E-state index is 0.0396. The molecule has 1 N–H and O–H groups in total. The molecule has 0 unspecified atom stereocenters. The summed E-state index contributed by atoms with van der Waals surface area (Å²) in [4.78, 5) is 13.1. The van der Waals surface area contributed by atoms with E-state index >= 15 is 0 Å². The van der Waals surface area contributed by atoms with Crippen LogP contribution in [0.3, 0.4) is 0 Å². The third-order valence-electron chi connectivity index (χ3n) is 6.54. The number of anilines is 1. The lowest BCUT2D eigenvalue weighted by molar-refractivity contribution is -0.137. The lowest BCUT2D eigenvalue weighted by Gasteiger charge is -2.22. The van der Waals surface area contributed by atoms with Gasteiger partial charge in [0.25, 0.3) is 0 Å². The Hall–Kier alpha value is -4.27. The van der Waals surface area contributed by atoms with Crippen LogP contribution in [-0.4, -0.2) is 27.9 Å². The summed E-state index contributed by atoms with van der Waals surface area (Å²) in [6.45, 7) is 6.51. The zero-order chi connectivity index (χ0) is 28.3. The molecule has 9 heteroatoms. The Labute approximate surface area is 225 Å². The second-order valence-electron chi connectivity index (χ2n) is 9.72. The number of hydrogen-bond acceptors (Lipinski definition) is 4. The Morgan fingerprint density at radius 3 is 2.38 bits per heavy atom. The van der Waals surface area contributed by atoms with Gasteiger partial charge in [-0.05, 0) is 72.0 Å². The highest BCUT2D eigenvalue weighted by Gasteiger charge is 2.34. The number of benzene rings is 3. The van der Waals surface area contributed by atoms with Crippen LogP contribution in [0.25, 0.3) is 5.69 Å². The number of hydrogen-bond donors (Lipinski definition) is 1. The molecule has 3 aromatic carbocycles. The molecule has 0 fully saturated rings. The highest BCUT2D eigenvalue weighted by molar-refractivity contribution is 5.87. The molecular formula is C30H30F3N3O3. The minimum atomic E-state index is -4.52. The van der Waals surface area contributed by atoms with Gasteiger partial charge in [0, 0.05) is 19.3 Å². The number of aryl methyl sites for hydroxylation is 1. The molecule has 0 atom stereocenters. The van der Waals surface area contributed by atoms with Gasteiger partial charge in [-0.15, -0.1) is 0 Å². The molecule has 6 nitrogen and oxygen atoms in total. The SMILES string of the molecule is Cc1cc(OCc2c(C(C)C)cnn2-c2ccccc2C(F)(F)F)ccc1N(C)Cc1ccc(C(=O)O)cc1. The van der Waals surface area contributed by atoms with Crippen molar-refractivity contribution >= 4 is 11.7 Å². The first-order valence-electron chi connectivity index (χ1n) is 12.5. The molecule has 204 valence electrons. The normalized spacial score (nSPS) is 11.6. The predicted molar refractivity (Wildman–Crippen MR) is 144 cm³/mol. The second-order valence-corrected chi connectivity index (χ2v) is 9.72. The Morgan fingerprint density at radius 2 is 1.77 bits per heavy atom. The third-order valence-corrected chi connectivity index (χ3v) is 6.54. The van der Waals surface area contributed by atoms with Crippen LogP contribution in [-0.2, 0) is 19.3 Å². The Balaban J connectivity index is 1.54. The largest absolute Gasteiger partial charge is 0.487 e. The monoisotopic (exact) mass is 537 g/mol. The summed E-state index contributed by atoms with van der Waals surface area (Å²) < 4.78 is 48.6.